The molecule has 0 aliphatic rings. The number of carbonyl (C=O) groups is 1. The summed E-state index contributed by atoms with van der Waals surface area (Å²) < 4.78 is 14.0. The van der Waals surface area contributed by atoms with Crippen molar-refractivity contribution in [2.45, 2.75) is 26.7 Å². The van der Waals surface area contributed by atoms with Crippen molar-refractivity contribution in [3.8, 4) is 0 Å². The van der Waals surface area contributed by atoms with Gasteiger partial charge in [0.05, 0.1) is 11.9 Å². The number of rotatable bonds is 9. The smallest absolute Gasteiger partial charge is 0.149 e. The lowest BCUT2D eigenvalue weighted by Crippen LogP contribution is -2.30. The van der Waals surface area contributed by atoms with Crippen molar-refractivity contribution in [1.29, 1.82) is 0 Å². The average Bonchev–Trinajstić information content (AvgIpc) is 2.72. The van der Waals surface area contributed by atoms with Gasteiger partial charge >= 0.3 is 0 Å². The summed E-state index contributed by atoms with van der Waals surface area (Å²) in [4.78, 5) is 17.4. The third-order valence-corrected chi connectivity index (χ3v) is 5.55. The molecule has 0 spiro atoms. The monoisotopic (exact) mass is 424 g/mol. The van der Waals surface area contributed by atoms with Gasteiger partial charge in [0.25, 0.3) is 0 Å². The molecule has 1 N–H and O–H groups in total. The van der Waals surface area contributed by atoms with Gasteiger partial charge in [0.1, 0.15) is 17.1 Å². The van der Waals surface area contributed by atoms with Crippen molar-refractivity contribution in [3.63, 3.8) is 0 Å². The first-order valence-electron chi connectivity index (χ1n) is 10.1. The number of nitrogens with one attached hydrogen (secondary N) is 1. The van der Waals surface area contributed by atoms with Crippen LogP contribution in [0.4, 0.5) is 10.1 Å². The van der Waals surface area contributed by atoms with E-state index < -0.39 is 0 Å². The normalized spacial score (nSPS) is 13.1. The lowest BCUT2D eigenvalue weighted by atomic mass is 9.87. The Morgan fingerprint density at radius 3 is 2.63 bits per heavy atom. The Balaban J connectivity index is 1.82. The Morgan fingerprint density at radius 1 is 1.20 bits per heavy atom. The number of fused-ring (bicyclic) bond motifs is 1. The molecule has 2 atom stereocenters. The molecule has 0 aliphatic heterocycles. The highest BCUT2D eigenvalue weighted by atomic mass is 35.5. The van der Waals surface area contributed by atoms with Gasteiger partial charge in [-0.05, 0) is 37.0 Å². The quantitative estimate of drug-likeness (QED) is 0.438. The van der Waals surface area contributed by atoms with Gasteiger partial charge in [0, 0.05) is 28.8 Å². The number of allylic oxidation sites excluding steroid dienone is 1. The van der Waals surface area contributed by atoms with Gasteiger partial charge in [-0.2, -0.15) is 0 Å². The number of nitrogens with zero attached hydrogens (tertiary/aromatic N) is 1. The summed E-state index contributed by atoms with van der Waals surface area (Å²) in [5.41, 5.74) is 3.16. The molecule has 0 radical (unpaired) electrons. The summed E-state index contributed by atoms with van der Waals surface area (Å²) in [6.45, 7) is 7.99. The second kappa shape index (κ2) is 9.86. The number of para-hydroxylation sites is 1. The van der Waals surface area contributed by atoms with Crippen LogP contribution in [0.5, 0.6) is 0 Å². The van der Waals surface area contributed by atoms with Crippen molar-refractivity contribution in [2.75, 3.05) is 11.9 Å². The number of halogens is 2. The molecule has 3 nitrogen and oxygen atoms in total. The van der Waals surface area contributed by atoms with Crippen molar-refractivity contribution in [3.05, 3.63) is 83.3 Å². The zero-order valence-corrected chi connectivity index (χ0v) is 18.0. The van der Waals surface area contributed by atoms with Crippen LogP contribution in [0.15, 0.2) is 66.3 Å². The first-order chi connectivity index (χ1) is 14.4. The first kappa shape index (κ1) is 22.0. The Kier molecular flexibility index (Phi) is 7.22. The van der Waals surface area contributed by atoms with E-state index >= 15 is 0 Å². The van der Waals surface area contributed by atoms with E-state index in [0.29, 0.717) is 29.9 Å². The van der Waals surface area contributed by atoms with Crippen LogP contribution in [0.1, 0.15) is 24.5 Å². The molecular weight excluding hydrogens is 399 g/mol. The zero-order valence-electron chi connectivity index (χ0n) is 17.3. The molecule has 3 aromatic rings. The van der Waals surface area contributed by atoms with Crippen LogP contribution in [0, 0.1) is 24.6 Å². The van der Waals surface area contributed by atoms with Crippen LogP contribution < -0.4 is 5.32 Å². The molecule has 1 aromatic heterocycles. The van der Waals surface area contributed by atoms with Crippen LogP contribution in [-0.4, -0.2) is 17.3 Å². The zero-order chi connectivity index (χ0) is 21.7. The molecule has 3 rings (SSSR count). The molecule has 156 valence electrons. The number of anilines is 1. The maximum absolute atomic E-state index is 14.0. The van der Waals surface area contributed by atoms with E-state index in [1.54, 1.807) is 12.3 Å². The fraction of sp³-hybridized carbons (Fsp3) is 0.280. The Bertz CT molecular complexity index is 1050. The number of Topliss-reactive ketones (excluding diaryl/α,β-unsaturated/α-hetero) is 1. The summed E-state index contributed by atoms with van der Waals surface area (Å²) in [7, 11) is 0. The lowest BCUT2D eigenvalue weighted by molar-refractivity contribution is -0.125. The minimum absolute atomic E-state index is 0.144. The molecule has 0 saturated carbocycles. The number of aryl methyl sites for hydroxylation is 1. The minimum Gasteiger partial charge on any atom is -0.383 e. The van der Waals surface area contributed by atoms with Crippen LogP contribution >= 0.6 is 11.6 Å². The average molecular weight is 425 g/mol. The number of carbonyl (C=O) groups excluding carboxylic acids is 1. The van der Waals surface area contributed by atoms with E-state index in [-0.39, 0.29) is 23.4 Å². The number of aromatic nitrogens is 1. The van der Waals surface area contributed by atoms with Gasteiger partial charge in [0.2, 0.25) is 0 Å². The largest absolute Gasteiger partial charge is 0.383 e. The molecule has 1 unspecified atom stereocenters. The first-order valence-corrected chi connectivity index (χ1v) is 10.4. The molecular formula is C25H26ClFN2O. The van der Waals surface area contributed by atoms with Gasteiger partial charge in [-0.1, -0.05) is 67.6 Å². The molecule has 0 bridgehead atoms. The molecule has 2 aromatic carbocycles. The second-order valence-electron chi connectivity index (χ2n) is 7.73. The number of ketones is 1. The molecule has 0 amide bonds. The highest BCUT2D eigenvalue weighted by Crippen LogP contribution is 2.26. The molecule has 1 heterocycles. The van der Waals surface area contributed by atoms with Crippen molar-refractivity contribution < 1.29 is 9.18 Å². The van der Waals surface area contributed by atoms with Crippen LogP contribution in [0.2, 0.25) is 0 Å². The Hall–Kier alpha value is -2.72. The third kappa shape index (κ3) is 5.25. The SMILES string of the molecule is C=C(Cl)C[C@@H](C)C(=O)C(CNc1cnc2c(F)cccc2c1C)Cc1ccccc1. The van der Waals surface area contributed by atoms with E-state index in [4.69, 9.17) is 11.6 Å². The molecule has 0 saturated heterocycles. The third-order valence-electron chi connectivity index (χ3n) is 5.40. The van der Waals surface area contributed by atoms with Gasteiger partial charge in [-0.3, -0.25) is 9.78 Å². The summed E-state index contributed by atoms with van der Waals surface area (Å²) in [6.07, 6.45) is 2.72. The Labute approximate surface area is 182 Å². The fourth-order valence-electron chi connectivity index (χ4n) is 3.74. The Morgan fingerprint density at radius 2 is 1.93 bits per heavy atom. The molecule has 30 heavy (non-hydrogen) atoms. The minimum atomic E-state index is -0.339. The molecule has 0 aliphatic carbocycles. The standard InChI is InChI=1S/C25H26ClFN2O/c1-16(12-17(2)26)25(30)20(13-19-8-5-4-6-9-19)14-28-23-15-29-24-21(18(23)3)10-7-11-22(24)27/h4-11,15-16,20,28H,2,12-14H2,1,3H3/t16-,20?/m1/s1. The summed E-state index contributed by atoms with van der Waals surface area (Å²) >= 11 is 5.94. The van der Waals surface area contributed by atoms with Crippen LogP contribution in [-0.2, 0) is 11.2 Å². The fourth-order valence-corrected chi connectivity index (χ4v) is 3.97. The van der Waals surface area contributed by atoms with E-state index in [1.807, 2.05) is 50.2 Å². The van der Waals surface area contributed by atoms with Gasteiger partial charge in [-0.15, -0.1) is 0 Å². The van der Waals surface area contributed by atoms with Crippen molar-refractivity contribution in [1.82, 2.24) is 4.98 Å². The van der Waals surface area contributed by atoms with Gasteiger partial charge in [0.15, 0.2) is 0 Å². The predicted octanol–water partition coefficient (Wildman–Crippen LogP) is 6.30. The van der Waals surface area contributed by atoms with Crippen LogP contribution in [0.3, 0.4) is 0 Å². The predicted molar refractivity (Wildman–Crippen MR) is 122 cm³/mol. The van der Waals surface area contributed by atoms with E-state index in [1.165, 1.54) is 6.07 Å². The second-order valence-corrected chi connectivity index (χ2v) is 8.26. The maximum Gasteiger partial charge on any atom is 0.149 e. The maximum atomic E-state index is 14.0. The van der Waals surface area contributed by atoms with E-state index in [2.05, 4.69) is 16.9 Å². The number of benzene rings is 2. The molecule has 5 heteroatoms. The number of hydrogen-bond acceptors (Lipinski definition) is 3. The topological polar surface area (TPSA) is 42.0 Å². The summed E-state index contributed by atoms with van der Waals surface area (Å²) in [6, 6.07) is 14.9. The van der Waals surface area contributed by atoms with Crippen molar-refractivity contribution >= 4 is 34.0 Å². The summed E-state index contributed by atoms with van der Waals surface area (Å²) in [5, 5.41) is 4.62. The lowest BCUT2D eigenvalue weighted by Gasteiger charge is -2.22. The van der Waals surface area contributed by atoms with E-state index in [9.17, 15) is 9.18 Å². The summed E-state index contributed by atoms with van der Waals surface area (Å²) in [5.74, 6) is -0.642. The molecule has 0 fully saturated rings. The number of pyridine rings is 1. The number of hydrogen-bond donors (Lipinski definition) is 1. The van der Waals surface area contributed by atoms with Crippen molar-refractivity contribution in [2.24, 2.45) is 11.8 Å². The highest BCUT2D eigenvalue weighted by Gasteiger charge is 2.25. The highest BCUT2D eigenvalue weighted by molar-refractivity contribution is 6.29. The van der Waals surface area contributed by atoms with E-state index in [0.717, 1.165) is 22.2 Å². The van der Waals surface area contributed by atoms with Gasteiger partial charge in [-0.25, -0.2) is 4.39 Å². The van der Waals surface area contributed by atoms with Crippen LogP contribution in [0.25, 0.3) is 10.9 Å². The van der Waals surface area contributed by atoms with Gasteiger partial charge < -0.3 is 5.32 Å².